The van der Waals surface area contributed by atoms with Gasteiger partial charge in [0.2, 0.25) is 0 Å². The Morgan fingerprint density at radius 2 is 1.53 bits per heavy atom. The lowest BCUT2D eigenvalue weighted by Gasteiger charge is -2.14. The minimum Gasteiger partial charge on any atom is -0.483 e. The number of hydrogen-bond acceptors (Lipinski definition) is 3. The SMILES string of the molecule is Cc1cc(NC(=O)COc2c(C)cc(Br)cc2C)ccc1NC(=O)c1ccccc1. The zero-order valence-corrected chi connectivity index (χ0v) is 18.7. The maximum absolute atomic E-state index is 12.3. The third-order valence-corrected chi connectivity index (χ3v) is 5.02. The smallest absolute Gasteiger partial charge is 0.262 e. The minimum absolute atomic E-state index is 0.0884. The van der Waals surface area contributed by atoms with E-state index in [4.69, 9.17) is 4.74 Å². The van der Waals surface area contributed by atoms with Gasteiger partial charge in [0.15, 0.2) is 6.61 Å². The minimum atomic E-state index is -0.253. The Kier molecular flexibility index (Phi) is 6.90. The molecule has 0 saturated heterocycles. The molecule has 3 rings (SSSR count). The average molecular weight is 467 g/mol. The summed E-state index contributed by atoms with van der Waals surface area (Å²) in [6.45, 7) is 5.67. The number of hydrogen-bond donors (Lipinski definition) is 2. The van der Waals surface area contributed by atoms with Crippen LogP contribution in [-0.4, -0.2) is 18.4 Å². The fourth-order valence-electron chi connectivity index (χ4n) is 3.13. The largest absolute Gasteiger partial charge is 0.483 e. The molecule has 154 valence electrons. The predicted octanol–water partition coefficient (Wildman–Crippen LogP) is 5.64. The molecule has 0 radical (unpaired) electrons. The molecule has 0 fully saturated rings. The lowest BCUT2D eigenvalue weighted by molar-refractivity contribution is -0.118. The number of ether oxygens (including phenoxy) is 1. The Balaban J connectivity index is 1.60. The molecule has 0 saturated carbocycles. The van der Waals surface area contributed by atoms with Gasteiger partial charge in [0.25, 0.3) is 11.8 Å². The maximum atomic E-state index is 12.3. The molecule has 2 amide bonds. The third kappa shape index (κ3) is 5.48. The van der Waals surface area contributed by atoms with Gasteiger partial charge in [0.1, 0.15) is 5.75 Å². The zero-order valence-electron chi connectivity index (χ0n) is 17.1. The van der Waals surface area contributed by atoms with Gasteiger partial charge in [-0.05, 0) is 79.9 Å². The topological polar surface area (TPSA) is 67.4 Å². The highest BCUT2D eigenvalue weighted by molar-refractivity contribution is 9.10. The van der Waals surface area contributed by atoms with Crippen LogP contribution in [0.25, 0.3) is 0 Å². The summed E-state index contributed by atoms with van der Waals surface area (Å²) in [5.74, 6) is 0.282. The Bertz CT molecular complexity index is 1060. The number of halogens is 1. The Labute approximate surface area is 184 Å². The van der Waals surface area contributed by atoms with Crippen molar-refractivity contribution in [1.82, 2.24) is 0 Å². The molecular weight excluding hydrogens is 444 g/mol. The van der Waals surface area contributed by atoms with Crippen molar-refractivity contribution in [1.29, 1.82) is 0 Å². The summed E-state index contributed by atoms with van der Waals surface area (Å²) in [7, 11) is 0. The van der Waals surface area contributed by atoms with Crippen LogP contribution in [0.1, 0.15) is 27.0 Å². The van der Waals surface area contributed by atoms with Gasteiger partial charge in [-0.3, -0.25) is 9.59 Å². The summed E-state index contributed by atoms with van der Waals surface area (Å²) in [4.78, 5) is 24.6. The molecule has 0 aliphatic heterocycles. The summed E-state index contributed by atoms with van der Waals surface area (Å²) in [6, 6.07) is 18.3. The van der Waals surface area contributed by atoms with E-state index in [1.807, 2.05) is 57.2 Å². The van der Waals surface area contributed by atoms with Crippen molar-refractivity contribution in [3.05, 3.63) is 87.4 Å². The van der Waals surface area contributed by atoms with Crippen molar-refractivity contribution in [2.24, 2.45) is 0 Å². The number of nitrogens with one attached hydrogen (secondary N) is 2. The molecule has 0 spiro atoms. The van der Waals surface area contributed by atoms with Crippen LogP contribution in [0.3, 0.4) is 0 Å². The number of aryl methyl sites for hydroxylation is 3. The molecule has 0 aliphatic carbocycles. The van der Waals surface area contributed by atoms with Gasteiger partial charge in [-0.15, -0.1) is 0 Å². The number of carbonyl (C=O) groups is 2. The summed E-state index contributed by atoms with van der Waals surface area (Å²) in [5.41, 5.74) is 4.69. The molecule has 0 atom stereocenters. The second-order valence-electron chi connectivity index (χ2n) is 7.06. The van der Waals surface area contributed by atoms with E-state index in [9.17, 15) is 9.59 Å². The fraction of sp³-hybridized carbons (Fsp3) is 0.167. The monoisotopic (exact) mass is 466 g/mol. The van der Waals surface area contributed by atoms with Crippen molar-refractivity contribution in [3.63, 3.8) is 0 Å². The van der Waals surface area contributed by atoms with Crippen LogP contribution in [0.15, 0.2) is 65.1 Å². The van der Waals surface area contributed by atoms with Crippen molar-refractivity contribution >= 4 is 39.1 Å². The molecule has 0 heterocycles. The first kappa shape index (κ1) is 21.6. The average Bonchev–Trinajstić information content (AvgIpc) is 2.70. The van der Waals surface area contributed by atoms with E-state index >= 15 is 0 Å². The lowest BCUT2D eigenvalue weighted by Crippen LogP contribution is -2.21. The van der Waals surface area contributed by atoms with Crippen LogP contribution in [0.5, 0.6) is 5.75 Å². The molecule has 5 nitrogen and oxygen atoms in total. The Hall–Kier alpha value is -3.12. The predicted molar refractivity (Wildman–Crippen MR) is 123 cm³/mol. The first-order valence-corrected chi connectivity index (χ1v) is 10.3. The number of carbonyl (C=O) groups excluding carboxylic acids is 2. The quantitative estimate of drug-likeness (QED) is 0.493. The van der Waals surface area contributed by atoms with Gasteiger partial charge in [-0.1, -0.05) is 34.1 Å². The highest BCUT2D eigenvalue weighted by Gasteiger charge is 2.11. The van der Waals surface area contributed by atoms with E-state index in [1.165, 1.54) is 0 Å². The molecular formula is C24H23BrN2O3. The van der Waals surface area contributed by atoms with E-state index in [-0.39, 0.29) is 18.4 Å². The van der Waals surface area contributed by atoms with Crippen LogP contribution in [0.4, 0.5) is 11.4 Å². The highest BCUT2D eigenvalue weighted by atomic mass is 79.9. The second-order valence-corrected chi connectivity index (χ2v) is 7.97. The van der Waals surface area contributed by atoms with Gasteiger partial charge in [0, 0.05) is 21.4 Å². The van der Waals surface area contributed by atoms with Gasteiger partial charge >= 0.3 is 0 Å². The lowest BCUT2D eigenvalue weighted by atomic mass is 10.1. The summed E-state index contributed by atoms with van der Waals surface area (Å²) in [5, 5.41) is 5.72. The van der Waals surface area contributed by atoms with Crippen molar-refractivity contribution in [2.75, 3.05) is 17.2 Å². The van der Waals surface area contributed by atoms with Gasteiger partial charge in [0.05, 0.1) is 0 Å². The molecule has 0 aliphatic rings. The van der Waals surface area contributed by atoms with Crippen LogP contribution in [-0.2, 0) is 4.79 Å². The number of benzene rings is 3. The first-order chi connectivity index (χ1) is 14.3. The molecule has 0 unspecified atom stereocenters. The molecule has 0 aromatic heterocycles. The molecule has 30 heavy (non-hydrogen) atoms. The zero-order chi connectivity index (χ0) is 21.7. The Morgan fingerprint density at radius 1 is 0.867 bits per heavy atom. The third-order valence-electron chi connectivity index (χ3n) is 4.57. The van der Waals surface area contributed by atoms with Gasteiger partial charge in [-0.2, -0.15) is 0 Å². The van der Waals surface area contributed by atoms with E-state index in [1.54, 1.807) is 24.3 Å². The number of anilines is 2. The van der Waals surface area contributed by atoms with Crippen LogP contribution in [0, 0.1) is 20.8 Å². The highest BCUT2D eigenvalue weighted by Crippen LogP contribution is 2.27. The maximum Gasteiger partial charge on any atom is 0.262 e. The molecule has 2 N–H and O–H groups in total. The molecule has 3 aromatic carbocycles. The molecule has 6 heteroatoms. The number of amides is 2. The molecule has 0 bridgehead atoms. The van der Waals surface area contributed by atoms with Crippen molar-refractivity contribution in [3.8, 4) is 5.75 Å². The number of rotatable bonds is 6. The van der Waals surface area contributed by atoms with Crippen LogP contribution < -0.4 is 15.4 Å². The van der Waals surface area contributed by atoms with Crippen molar-refractivity contribution in [2.45, 2.75) is 20.8 Å². The second kappa shape index (κ2) is 9.59. The van der Waals surface area contributed by atoms with Crippen LogP contribution >= 0.6 is 15.9 Å². The first-order valence-electron chi connectivity index (χ1n) is 9.50. The normalized spacial score (nSPS) is 10.4. The molecule has 3 aromatic rings. The summed E-state index contributed by atoms with van der Waals surface area (Å²) in [6.07, 6.45) is 0. The van der Waals surface area contributed by atoms with E-state index in [0.29, 0.717) is 22.7 Å². The fourth-order valence-corrected chi connectivity index (χ4v) is 3.81. The van der Waals surface area contributed by atoms with Crippen molar-refractivity contribution < 1.29 is 14.3 Å². The summed E-state index contributed by atoms with van der Waals surface area (Å²) < 4.78 is 6.70. The van der Waals surface area contributed by atoms with E-state index in [0.717, 1.165) is 21.2 Å². The van der Waals surface area contributed by atoms with E-state index in [2.05, 4.69) is 26.6 Å². The Morgan fingerprint density at radius 3 is 2.17 bits per heavy atom. The summed E-state index contributed by atoms with van der Waals surface area (Å²) >= 11 is 3.45. The van der Waals surface area contributed by atoms with E-state index < -0.39 is 0 Å². The van der Waals surface area contributed by atoms with Crippen LogP contribution in [0.2, 0.25) is 0 Å². The van der Waals surface area contributed by atoms with Gasteiger partial charge in [-0.25, -0.2) is 0 Å². The standard InChI is InChI=1S/C24H23BrN2O3/c1-15-13-20(9-10-21(15)27-24(29)18-7-5-4-6-8-18)26-22(28)14-30-23-16(2)11-19(25)12-17(23)3/h4-13H,14H2,1-3H3,(H,26,28)(H,27,29). The van der Waals surface area contributed by atoms with Gasteiger partial charge < -0.3 is 15.4 Å².